The van der Waals surface area contributed by atoms with Crippen LogP contribution in [0.15, 0.2) is 58.3 Å². The predicted octanol–water partition coefficient (Wildman–Crippen LogP) is 2.63. The molecule has 0 saturated carbocycles. The molecule has 0 spiro atoms. The Kier molecular flexibility index (Phi) is 5.68. The van der Waals surface area contributed by atoms with Gasteiger partial charge in [0.15, 0.2) is 11.7 Å². The molecule has 0 unspecified atom stereocenters. The van der Waals surface area contributed by atoms with Gasteiger partial charge in [-0.15, -0.1) is 0 Å². The summed E-state index contributed by atoms with van der Waals surface area (Å²) in [7, 11) is 3.76. The molecule has 1 aromatic carbocycles. The number of aromatic nitrogens is 3. The van der Waals surface area contributed by atoms with E-state index in [9.17, 15) is 0 Å². The Morgan fingerprint density at radius 1 is 1.31 bits per heavy atom. The largest absolute Gasteiger partial charge is 0.359 e. The van der Waals surface area contributed by atoms with Crippen LogP contribution in [0.4, 0.5) is 0 Å². The van der Waals surface area contributed by atoms with Crippen molar-refractivity contribution in [1.29, 1.82) is 0 Å². The van der Waals surface area contributed by atoms with Crippen molar-refractivity contribution in [2.45, 2.75) is 26.4 Å². The molecule has 7 nitrogen and oxygen atoms in total. The first-order valence-corrected chi connectivity index (χ1v) is 8.64. The van der Waals surface area contributed by atoms with E-state index in [2.05, 4.69) is 27.5 Å². The zero-order valence-electron chi connectivity index (χ0n) is 15.4. The molecule has 7 heteroatoms. The first kappa shape index (κ1) is 17.7. The number of benzene rings is 1. The number of rotatable bonds is 6. The number of hydrogen-bond donors (Lipinski definition) is 1. The van der Waals surface area contributed by atoms with Crippen LogP contribution in [0.3, 0.4) is 0 Å². The van der Waals surface area contributed by atoms with Crippen LogP contribution in [0.2, 0.25) is 0 Å². The standard InChI is InChI=1S/C19H24N6O/c1-4-16-10-18(26-23-16)12-21-19(20-2)24(3)13-15-11-22-25(14-15)17-8-6-5-7-9-17/h5-11,14H,4,12-13H2,1-3H3,(H,20,21). The summed E-state index contributed by atoms with van der Waals surface area (Å²) in [5.41, 5.74) is 3.10. The van der Waals surface area contributed by atoms with Crippen LogP contribution >= 0.6 is 0 Å². The first-order chi connectivity index (χ1) is 12.7. The summed E-state index contributed by atoms with van der Waals surface area (Å²) in [6, 6.07) is 12.0. The van der Waals surface area contributed by atoms with E-state index in [1.165, 1.54) is 0 Å². The highest BCUT2D eigenvalue weighted by atomic mass is 16.5. The lowest BCUT2D eigenvalue weighted by molar-refractivity contribution is 0.371. The fraction of sp³-hybridized carbons (Fsp3) is 0.316. The van der Waals surface area contributed by atoms with Gasteiger partial charge in [-0.2, -0.15) is 5.10 Å². The maximum Gasteiger partial charge on any atom is 0.194 e. The third-order valence-electron chi connectivity index (χ3n) is 4.04. The molecule has 26 heavy (non-hydrogen) atoms. The molecule has 1 N–H and O–H groups in total. The molecule has 0 aliphatic carbocycles. The fourth-order valence-corrected chi connectivity index (χ4v) is 2.67. The average molecular weight is 352 g/mol. The van der Waals surface area contributed by atoms with Crippen molar-refractivity contribution >= 4 is 5.96 Å². The Hall–Kier alpha value is -3.09. The lowest BCUT2D eigenvalue weighted by atomic mass is 10.3. The topological polar surface area (TPSA) is 71.5 Å². The van der Waals surface area contributed by atoms with Crippen LogP contribution in [0.1, 0.15) is 23.9 Å². The van der Waals surface area contributed by atoms with Gasteiger partial charge in [0.2, 0.25) is 0 Å². The van der Waals surface area contributed by atoms with Gasteiger partial charge in [-0.05, 0) is 18.6 Å². The van der Waals surface area contributed by atoms with Crippen LogP contribution in [0.5, 0.6) is 0 Å². The predicted molar refractivity (Wildman–Crippen MR) is 101 cm³/mol. The molecule has 2 heterocycles. The molecule has 0 aliphatic rings. The number of para-hydroxylation sites is 1. The van der Waals surface area contributed by atoms with Crippen LogP contribution in [-0.2, 0) is 19.5 Å². The Balaban J connectivity index is 1.59. The highest BCUT2D eigenvalue weighted by molar-refractivity contribution is 5.79. The average Bonchev–Trinajstić information content (AvgIpc) is 3.32. The summed E-state index contributed by atoms with van der Waals surface area (Å²) < 4.78 is 7.18. The van der Waals surface area contributed by atoms with E-state index in [1.807, 2.05) is 65.4 Å². The van der Waals surface area contributed by atoms with E-state index in [1.54, 1.807) is 7.05 Å². The van der Waals surface area contributed by atoms with Gasteiger partial charge in [0.25, 0.3) is 0 Å². The summed E-state index contributed by atoms with van der Waals surface area (Å²) in [6.45, 7) is 3.30. The third kappa shape index (κ3) is 4.30. The van der Waals surface area contributed by atoms with Crippen molar-refractivity contribution in [3.05, 3.63) is 65.8 Å². The number of aliphatic imine (C=N–C) groups is 1. The lowest BCUT2D eigenvalue weighted by Crippen LogP contribution is -2.37. The Labute approximate surface area is 153 Å². The molecule has 2 aromatic heterocycles. The monoisotopic (exact) mass is 352 g/mol. The van der Waals surface area contributed by atoms with Gasteiger partial charge in [0.1, 0.15) is 0 Å². The van der Waals surface area contributed by atoms with Crippen molar-refractivity contribution in [3.63, 3.8) is 0 Å². The molecular weight excluding hydrogens is 328 g/mol. The zero-order valence-corrected chi connectivity index (χ0v) is 15.4. The second-order valence-corrected chi connectivity index (χ2v) is 6.02. The molecule has 0 saturated heterocycles. The molecular formula is C19H24N6O. The summed E-state index contributed by atoms with van der Waals surface area (Å²) in [6.07, 6.45) is 4.77. The Morgan fingerprint density at radius 3 is 2.81 bits per heavy atom. The summed E-state index contributed by atoms with van der Waals surface area (Å²) in [5.74, 6) is 1.58. The second kappa shape index (κ2) is 8.33. The lowest BCUT2D eigenvalue weighted by Gasteiger charge is -2.20. The van der Waals surface area contributed by atoms with Gasteiger partial charge in [-0.3, -0.25) is 4.99 Å². The van der Waals surface area contributed by atoms with Crippen LogP contribution < -0.4 is 5.32 Å². The summed E-state index contributed by atoms with van der Waals surface area (Å²) in [5, 5.41) is 11.7. The second-order valence-electron chi connectivity index (χ2n) is 6.02. The minimum atomic E-state index is 0.549. The molecule has 0 bridgehead atoms. The van der Waals surface area contributed by atoms with Crippen molar-refractivity contribution in [2.24, 2.45) is 4.99 Å². The smallest absolute Gasteiger partial charge is 0.194 e. The maximum absolute atomic E-state index is 5.30. The summed E-state index contributed by atoms with van der Waals surface area (Å²) in [4.78, 5) is 6.38. The molecule has 3 rings (SSSR count). The van der Waals surface area contributed by atoms with Crippen LogP contribution in [0.25, 0.3) is 5.69 Å². The highest BCUT2D eigenvalue weighted by Gasteiger charge is 2.10. The van der Waals surface area contributed by atoms with E-state index in [0.29, 0.717) is 13.1 Å². The Morgan fingerprint density at radius 2 is 2.12 bits per heavy atom. The van der Waals surface area contributed by atoms with Gasteiger partial charge in [0, 0.05) is 38.5 Å². The van der Waals surface area contributed by atoms with Crippen molar-refractivity contribution in [3.8, 4) is 5.69 Å². The molecule has 136 valence electrons. The molecule has 0 fully saturated rings. The van der Waals surface area contributed by atoms with Crippen molar-refractivity contribution in [1.82, 2.24) is 25.2 Å². The van der Waals surface area contributed by atoms with Crippen LogP contribution in [-0.4, -0.2) is 39.9 Å². The molecule has 0 radical (unpaired) electrons. The van der Waals surface area contributed by atoms with Crippen molar-refractivity contribution < 1.29 is 4.52 Å². The molecule has 0 amide bonds. The minimum absolute atomic E-state index is 0.549. The fourth-order valence-electron chi connectivity index (χ4n) is 2.67. The van der Waals surface area contributed by atoms with Gasteiger partial charge < -0.3 is 14.7 Å². The molecule has 0 aliphatic heterocycles. The van der Waals surface area contributed by atoms with Crippen molar-refractivity contribution in [2.75, 3.05) is 14.1 Å². The van der Waals surface area contributed by atoms with E-state index in [-0.39, 0.29) is 0 Å². The number of hydrogen-bond acceptors (Lipinski definition) is 4. The number of nitrogens with zero attached hydrogens (tertiary/aromatic N) is 5. The number of guanidine groups is 1. The van der Waals surface area contributed by atoms with Crippen LogP contribution in [0, 0.1) is 0 Å². The van der Waals surface area contributed by atoms with Gasteiger partial charge in [0.05, 0.1) is 24.1 Å². The van der Waals surface area contributed by atoms with E-state index in [0.717, 1.165) is 35.1 Å². The maximum atomic E-state index is 5.30. The minimum Gasteiger partial charge on any atom is -0.359 e. The van der Waals surface area contributed by atoms with Gasteiger partial charge in [-0.1, -0.05) is 30.3 Å². The Bertz CT molecular complexity index is 852. The molecule has 3 aromatic rings. The SMILES string of the molecule is CCc1cc(CNC(=NC)N(C)Cc2cnn(-c3ccccc3)c2)on1. The number of nitrogens with one attached hydrogen (secondary N) is 1. The molecule has 0 atom stereocenters. The van der Waals surface area contributed by atoms with E-state index < -0.39 is 0 Å². The number of aryl methyl sites for hydroxylation is 1. The third-order valence-corrected chi connectivity index (χ3v) is 4.04. The normalized spacial score (nSPS) is 11.6. The van der Waals surface area contributed by atoms with E-state index in [4.69, 9.17) is 4.52 Å². The van der Waals surface area contributed by atoms with Gasteiger partial charge in [-0.25, -0.2) is 4.68 Å². The first-order valence-electron chi connectivity index (χ1n) is 8.64. The summed E-state index contributed by atoms with van der Waals surface area (Å²) >= 11 is 0. The highest BCUT2D eigenvalue weighted by Crippen LogP contribution is 2.09. The van der Waals surface area contributed by atoms with Gasteiger partial charge >= 0.3 is 0 Å². The zero-order chi connectivity index (χ0) is 18.4. The van der Waals surface area contributed by atoms with E-state index >= 15 is 0 Å². The quantitative estimate of drug-likeness (QED) is 0.545.